The molecule has 1 aromatic carbocycles. The second-order valence-corrected chi connectivity index (χ2v) is 7.20. The van der Waals surface area contributed by atoms with Gasteiger partial charge in [-0.25, -0.2) is 4.79 Å². The minimum atomic E-state index is -0.434. The summed E-state index contributed by atoms with van der Waals surface area (Å²) in [6.07, 6.45) is 5.48. The summed E-state index contributed by atoms with van der Waals surface area (Å²) >= 11 is 0. The third-order valence-corrected chi connectivity index (χ3v) is 6.21. The molecule has 6 atom stereocenters. The van der Waals surface area contributed by atoms with Crippen molar-refractivity contribution < 1.29 is 19.1 Å². The molecule has 24 heavy (non-hydrogen) atoms. The number of carbonyl (C=O) groups is 3. The molecule has 5 aliphatic rings. The molecular weight excluding hydrogens is 306 g/mol. The zero-order chi connectivity index (χ0) is 16.6. The van der Waals surface area contributed by atoms with E-state index in [0.29, 0.717) is 23.1 Å². The number of esters is 1. The number of benzene rings is 1. The van der Waals surface area contributed by atoms with Crippen LogP contribution < -0.4 is 4.90 Å². The number of carbonyl (C=O) groups excluding carboxylic acids is 3. The van der Waals surface area contributed by atoms with Gasteiger partial charge in [0.2, 0.25) is 11.8 Å². The lowest BCUT2D eigenvalue weighted by Crippen LogP contribution is -2.40. The lowest BCUT2D eigenvalue weighted by molar-refractivity contribution is -0.124. The Labute approximate surface area is 139 Å². The molecule has 0 unspecified atom stereocenters. The summed E-state index contributed by atoms with van der Waals surface area (Å²) < 4.78 is 4.68. The van der Waals surface area contributed by atoms with Crippen LogP contribution in [0.5, 0.6) is 0 Å². The average molecular weight is 323 g/mol. The van der Waals surface area contributed by atoms with Crippen LogP contribution in [-0.2, 0) is 14.3 Å². The molecule has 1 heterocycles. The lowest BCUT2D eigenvalue weighted by Gasteiger charge is -2.37. The van der Waals surface area contributed by atoms with Crippen LogP contribution in [0.4, 0.5) is 5.69 Å². The van der Waals surface area contributed by atoms with E-state index < -0.39 is 5.97 Å². The monoisotopic (exact) mass is 323 g/mol. The zero-order valence-electron chi connectivity index (χ0n) is 13.2. The largest absolute Gasteiger partial charge is 0.465 e. The Morgan fingerprint density at radius 2 is 1.54 bits per heavy atom. The van der Waals surface area contributed by atoms with Gasteiger partial charge in [0.1, 0.15) is 0 Å². The second-order valence-electron chi connectivity index (χ2n) is 7.20. The van der Waals surface area contributed by atoms with Crippen LogP contribution in [-0.4, -0.2) is 24.9 Å². The number of amides is 2. The van der Waals surface area contributed by atoms with E-state index in [-0.39, 0.29) is 35.5 Å². The topological polar surface area (TPSA) is 63.7 Å². The van der Waals surface area contributed by atoms with Crippen molar-refractivity contribution >= 4 is 23.5 Å². The fraction of sp³-hybridized carbons (Fsp3) is 0.421. The maximum atomic E-state index is 13.0. The molecule has 4 aliphatic carbocycles. The molecule has 2 bridgehead atoms. The molecule has 1 aromatic rings. The van der Waals surface area contributed by atoms with E-state index in [2.05, 4.69) is 16.9 Å². The highest BCUT2D eigenvalue weighted by Gasteiger charge is 2.67. The van der Waals surface area contributed by atoms with Crippen molar-refractivity contribution in [3.8, 4) is 0 Å². The maximum absolute atomic E-state index is 13.0. The van der Waals surface area contributed by atoms with E-state index >= 15 is 0 Å². The highest BCUT2D eigenvalue weighted by Crippen LogP contribution is 2.65. The first-order chi connectivity index (χ1) is 11.6. The van der Waals surface area contributed by atoms with Gasteiger partial charge in [0, 0.05) is 0 Å². The number of anilines is 1. The summed E-state index contributed by atoms with van der Waals surface area (Å²) in [6, 6.07) is 6.48. The SMILES string of the molecule is COC(=O)c1ccc(N2C(=O)[C@@H]3[C@@H]4C=C[C@H]([C@@H]5C[C@H]45)[C@@H]3C2=O)cc1. The molecule has 0 aromatic heterocycles. The van der Waals surface area contributed by atoms with E-state index in [1.165, 1.54) is 12.0 Å². The quantitative estimate of drug-likeness (QED) is 0.475. The zero-order valence-corrected chi connectivity index (χ0v) is 13.2. The van der Waals surface area contributed by atoms with Gasteiger partial charge in [-0.2, -0.15) is 0 Å². The molecule has 0 spiro atoms. The van der Waals surface area contributed by atoms with Crippen LogP contribution in [0.1, 0.15) is 16.8 Å². The van der Waals surface area contributed by atoms with Crippen LogP contribution >= 0.6 is 0 Å². The summed E-state index contributed by atoms with van der Waals surface area (Å²) in [4.78, 5) is 38.8. The van der Waals surface area contributed by atoms with E-state index in [4.69, 9.17) is 0 Å². The fourth-order valence-electron chi connectivity index (χ4n) is 5.08. The molecular formula is C19H17NO4. The van der Waals surface area contributed by atoms with Crippen molar-refractivity contribution in [2.45, 2.75) is 6.42 Å². The highest BCUT2D eigenvalue weighted by atomic mass is 16.5. The van der Waals surface area contributed by atoms with Crippen LogP contribution in [0.15, 0.2) is 36.4 Å². The van der Waals surface area contributed by atoms with Gasteiger partial charge in [0.25, 0.3) is 0 Å². The van der Waals surface area contributed by atoms with Crippen molar-refractivity contribution in [2.75, 3.05) is 12.0 Å². The van der Waals surface area contributed by atoms with Gasteiger partial charge in [-0.05, 0) is 54.4 Å². The number of ether oxygens (including phenoxy) is 1. The number of nitrogens with zero attached hydrogens (tertiary/aromatic N) is 1. The van der Waals surface area contributed by atoms with E-state index in [1.54, 1.807) is 24.3 Å². The smallest absolute Gasteiger partial charge is 0.337 e. The third kappa shape index (κ3) is 1.62. The predicted octanol–water partition coefficient (Wildman–Crippen LogP) is 2.03. The van der Waals surface area contributed by atoms with Crippen molar-refractivity contribution in [1.82, 2.24) is 0 Å². The Morgan fingerprint density at radius 3 is 2.04 bits per heavy atom. The molecule has 122 valence electrons. The first-order valence-corrected chi connectivity index (χ1v) is 8.36. The number of allylic oxidation sites excluding steroid dienone is 2. The Kier molecular flexibility index (Phi) is 2.65. The van der Waals surface area contributed by atoms with Gasteiger partial charge in [-0.3, -0.25) is 14.5 Å². The van der Waals surface area contributed by atoms with Crippen molar-refractivity contribution in [3.63, 3.8) is 0 Å². The van der Waals surface area contributed by atoms with E-state index in [9.17, 15) is 14.4 Å². The Morgan fingerprint density at radius 1 is 1.00 bits per heavy atom. The van der Waals surface area contributed by atoms with E-state index in [0.717, 1.165) is 6.42 Å². The molecule has 1 saturated heterocycles. The molecule has 2 saturated carbocycles. The standard InChI is InChI=1S/C19H17NO4/c1-24-19(23)9-2-4-10(5-3-9)20-17(21)15-11-6-7-12(14-8-13(11)14)16(15)18(20)22/h2-7,11-16H,8H2,1H3/t11-,12-,13-,14+,15-,16+/m1/s1. The Bertz CT molecular complexity index is 760. The van der Waals surface area contributed by atoms with Crippen LogP contribution in [0.25, 0.3) is 0 Å². The van der Waals surface area contributed by atoms with Gasteiger partial charge in [-0.1, -0.05) is 12.2 Å². The molecule has 5 nitrogen and oxygen atoms in total. The molecule has 1 aliphatic heterocycles. The highest BCUT2D eigenvalue weighted by molar-refractivity contribution is 6.22. The molecule has 3 fully saturated rings. The minimum absolute atomic E-state index is 0.0829. The number of hydrogen-bond donors (Lipinski definition) is 0. The van der Waals surface area contributed by atoms with Gasteiger partial charge in [0.15, 0.2) is 0 Å². The van der Waals surface area contributed by atoms with Crippen LogP contribution in [0.3, 0.4) is 0 Å². The summed E-state index contributed by atoms with van der Waals surface area (Å²) in [7, 11) is 1.32. The number of methoxy groups -OCH3 is 1. The van der Waals surface area contributed by atoms with Gasteiger partial charge in [-0.15, -0.1) is 0 Å². The van der Waals surface area contributed by atoms with Crippen molar-refractivity contribution in [2.24, 2.45) is 35.5 Å². The molecule has 0 radical (unpaired) electrons. The first kappa shape index (κ1) is 14.0. The Balaban J connectivity index is 1.49. The summed E-state index contributed by atoms with van der Waals surface area (Å²) in [5.41, 5.74) is 0.945. The summed E-state index contributed by atoms with van der Waals surface area (Å²) in [6.45, 7) is 0. The maximum Gasteiger partial charge on any atom is 0.337 e. The van der Waals surface area contributed by atoms with Gasteiger partial charge >= 0.3 is 5.97 Å². The number of hydrogen-bond acceptors (Lipinski definition) is 4. The summed E-state index contributed by atoms with van der Waals surface area (Å²) in [5, 5.41) is 0. The minimum Gasteiger partial charge on any atom is -0.465 e. The lowest BCUT2D eigenvalue weighted by atomic mass is 9.63. The number of imide groups is 1. The van der Waals surface area contributed by atoms with Crippen molar-refractivity contribution in [3.05, 3.63) is 42.0 Å². The molecule has 6 rings (SSSR count). The first-order valence-electron chi connectivity index (χ1n) is 8.36. The average Bonchev–Trinajstić information content (AvgIpc) is 3.39. The second kappa shape index (κ2) is 4.56. The van der Waals surface area contributed by atoms with Crippen LogP contribution in [0.2, 0.25) is 0 Å². The normalized spacial score (nSPS) is 38.1. The molecule has 2 amide bonds. The van der Waals surface area contributed by atoms with Gasteiger partial charge < -0.3 is 4.74 Å². The van der Waals surface area contributed by atoms with Gasteiger partial charge in [0.05, 0.1) is 30.2 Å². The summed E-state index contributed by atoms with van der Waals surface area (Å²) in [5.74, 6) is 0.645. The number of rotatable bonds is 2. The third-order valence-electron chi connectivity index (χ3n) is 6.21. The molecule has 5 heteroatoms. The predicted molar refractivity (Wildman–Crippen MR) is 85.0 cm³/mol. The Hall–Kier alpha value is -2.43. The fourth-order valence-corrected chi connectivity index (χ4v) is 5.08. The molecule has 0 N–H and O–H groups in total. The van der Waals surface area contributed by atoms with E-state index in [1.807, 2.05) is 0 Å². The van der Waals surface area contributed by atoms with Crippen LogP contribution in [0, 0.1) is 35.5 Å². The van der Waals surface area contributed by atoms with Crippen molar-refractivity contribution in [1.29, 1.82) is 0 Å².